The normalized spacial score (nSPS) is 10.2. The molecule has 0 aliphatic rings. The van der Waals surface area contributed by atoms with E-state index in [9.17, 15) is 19.5 Å². The molecule has 0 aliphatic carbocycles. The number of hydrogen-bond donors (Lipinski definition) is 1. The Hall–Kier alpha value is -2.17. The highest BCUT2D eigenvalue weighted by molar-refractivity contribution is 6.01. The Bertz CT molecular complexity index is 555. The topological polar surface area (TPSA) is 80.7 Å². The molecular weight excluding hydrogens is 248 g/mol. The Morgan fingerprint density at radius 1 is 0.842 bits per heavy atom. The van der Waals surface area contributed by atoms with Gasteiger partial charge in [-0.2, -0.15) is 0 Å². The second kappa shape index (κ2) is 5.22. The summed E-state index contributed by atoms with van der Waals surface area (Å²) in [7, 11) is 0. The number of benzene rings is 1. The number of aromatic carboxylic acids is 1. The van der Waals surface area contributed by atoms with Gasteiger partial charge in [-0.15, -0.1) is 0 Å². The van der Waals surface area contributed by atoms with Crippen molar-refractivity contribution in [3.63, 3.8) is 0 Å². The third-order valence-electron chi connectivity index (χ3n) is 3.28. The van der Waals surface area contributed by atoms with Gasteiger partial charge in [0.25, 0.3) is 0 Å². The lowest BCUT2D eigenvalue weighted by Crippen LogP contribution is -2.17. The number of esters is 2. The molecule has 0 heterocycles. The molecule has 0 unspecified atom stereocenters. The van der Waals surface area contributed by atoms with Crippen molar-refractivity contribution >= 4 is 17.9 Å². The molecule has 1 rings (SSSR count). The van der Waals surface area contributed by atoms with E-state index in [0.717, 1.165) is 6.92 Å². The molecule has 102 valence electrons. The zero-order chi connectivity index (χ0) is 14.9. The molecule has 0 fully saturated rings. The van der Waals surface area contributed by atoms with E-state index >= 15 is 0 Å². The quantitative estimate of drug-likeness (QED) is 0.655. The van der Waals surface area contributed by atoms with E-state index < -0.39 is 17.9 Å². The van der Waals surface area contributed by atoms with Gasteiger partial charge in [0.05, 0.1) is 11.1 Å². The van der Waals surface area contributed by atoms with Crippen molar-refractivity contribution in [3.8, 4) is 0 Å². The summed E-state index contributed by atoms with van der Waals surface area (Å²) >= 11 is 0. The van der Waals surface area contributed by atoms with E-state index in [1.165, 1.54) is 0 Å². The van der Waals surface area contributed by atoms with Crippen molar-refractivity contribution in [2.24, 2.45) is 0 Å². The highest BCUT2D eigenvalue weighted by atomic mass is 16.6. The van der Waals surface area contributed by atoms with Crippen molar-refractivity contribution in [1.82, 2.24) is 0 Å². The zero-order valence-electron chi connectivity index (χ0n) is 11.6. The van der Waals surface area contributed by atoms with Crippen molar-refractivity contribution in [2.75, 3.05) is 0 Å². The minimum absolute atomic E-state index is 0.189. The summed E-state index contributed by atoms with van der Waals surface area (Å²) in [6.07, 6.45) is 0. The second-order valence-corrected chi connectivity index (χ2v) is 4.44. The predicted octanol–water partition coefficient (Wildman–Crippen LogP) is 2.32. The minimum Gasteiger partial charge on any atom is -0.478 e. The number of ether oxygens (including phenoxy) is 1. The summed E-state index contributed by atoms with van der Waals surface area (Å²) in [6.45, 7) is 7.70. The molecule has 19 heavy (non-hydrogen) atoms. The van der Waals surface area contributed by atoms with E-state index in [1.54, 1.807) is 27.7 Å². The Morgan fingerprint density at radius 3 is 1.53 bits per heavy atom. The van der Waals surface area contributed by atoms with Gasteiger partial charge >= 0.3 is 17.9 Å². The lowest BCUT2D eigenvalue weighted by atomic mass is 9.89. The third kappa shape index (κ3) is 2.65. The lowest BCUT2D eigenvalue weighted by Gasteiger charge is -2.16. The molecule has 0 radical (unpaired) electrons. The number of rotatable bonds is 2. The van der Waals surface area contributed by atoms with Gasteiger partial charge in [0.2, 0.25) is 0 Å². The SMILES string of the molecule is CC(=O)OC(=O)c1c(C)c(C)c(C(=O)O)c(C)c1C. The lowest BCUT2D eigenvalue weighted by molar-refractivity contribution is -0.135. The molecule has 1 aromatic rings. The molecule has 0 bridgehead atoms. The Balaban J connectivity index is 3.57. The molecule has 5 nitrogen and oxygen atoms in total. The number of hydrogen-bond acceptors (Lipinski definition) is 4. The monoisotopic (exact) mass is 264 g/mol. The molecule has 0 saturated heterocycles. The van der Waals surface area contributed by atoms with Crippen LogP contribution in [0.25, 0.3) is 0 Å². The second-order valence-electron chi connectivity index (χ2n) is 4.44. The van der Waals surface area contributed by atoms with Crippen LogP contribution in [0.15, 0.2) is 0 Å². The van der Waals surface area contributed by atoms with Crippen LogP contribution in [0.4, 0.5) is 0 Å². The molecule has 0 spiro atoms. The Morgan fingerprint density at radius 2 is 1.21 bits per heavy atom. The summed E-state index contributed by atoms with van der Waals surface area (Å²) in [5.41, 5.74) is 2.50. The van der Waals surface area contributed by atoms with Crippen molar-refractivity contribution in [3.05, 3.63) is 33.4 Å². The maximum absolute atomic E-state index is 11.9. The van der Waals surface area contributed by atoms with Crippen molar-refractivity contribution in [1.29, 1.82) is 0 Å². The molecule has 5 heteroatoms. The molecule has 0 atom stereocenters. The number of carboxylic acid groups (broad SMARTS) is 1. The van der Waals surface area contributed by atoms with Gasteiger partial charge < -0.3 is 9.84 Å². The highest BCUT2D eigenvalue weighted by Crippen LogP contribution is 2.27. The molecule has 0 saturated carbocycles. The molecule has 0 aromatic heterocycles. The smallest absolute Gasteiger partial charge is 0.346 e. The van der Waals surface area contributed by atoms with E-state index in [1.807, 2.05) is 0 Å². The third-order valence-corrected chi connectivity index (χ3v) is 3.28. The molecule has 0 aliphatic heterocycles. The summed E-state index contributed by atoms with van der Waals surface area (Å²) in [4.78, 5) is 34.0. The first-order valence-electron chi connectivity index (χ1n) is 5.74. The van der Waals surface area contributed by atoms with Crippen LogP contribution < -0.4 is 0 Å². The van der Waals surface area contributed by atoms with Crippen LogP contribution >= 0.6 is 0 Å². The largest absolute Gasteiger partial charge is 0.478 e. The van der Waals surface area contributed by atoms with E-state index in [4.69, 9.17) is 0 Å². The van der Waals surface area contributed by atoms with Crippen LogP contribution in [0.3, 0.4) is 0 Å². The van der Waals surface area contributed by atoms with Gasteiger partial charge in [0.15, 0.2) is 0 Å². The van der Waals surface area contributed by atoms with Gasteiger partial charge in [-0.1, -0.05) is 0 Å². The van der Waals surface area contributed by atoms with E-state index in [0.29, 0.717) is 22.3 Å². The minimum atomic E-state index is -1.03. The molecule has 1 N–H and O–H groups in total. The van der Waals surface area contributed by atoms with Crippen LogP contribution in [0.1, 0.15) is 49.9 Å². The predicted molar refractivity (Wildman–Crippen MR) is 68.4 cm³/mol. The molecule has 0 amide bonds. The first-order chi connectivity index (χ1) is 8.68. The van der Waals surface area contributed by atoms with Crippen LogP contribution in [0.2, 0.25) is 0 Å². The van der Waals surface area contributed by atoms with Gasteiger partial charge in [-0.3, -0.25) is 4.79 Å². The van der Waals surface area contributed by atoms with Crippen molar-refractivity contribution < 1.29 is 24.2 Å². The average molecular weight is 264 g/mol. The fraction of sp³-hybridized carbons (Fsp3) is 0.357. The van der Waals surface area contributed by atoms with Crippen LogP contribution in [0.5, 0.6) is 0 Å². The fourth-order valence-electron chi connectivity index (χ4n) is 2.12. The van der Waals surface area contributed by atoms with Gasteiger partial charge in [0, 0.05) is 6.92 Å². The fourth-order valence-corrected chi connectivity index (χ4v) is 2.12. The highest BCUT2D eigenvalue weighted by Gasteiger charge is 2.24. The molecule has 1 aromatic carbocycles. The van der Waals surface area contributed by atoms with E-state index in [-0.39, 0.29) is 11.1 Å². The first kappa shape index (κ1) is 14.9. The van der Waals surface area contributed by atoms with Gasteiger partial charge in [0.1, 0.15) is 0 Å². The standard InChI is InChI=1S/C14H16O5/c1-6-8(3)12(14(18)19-10(5)15)9(4)7(2)11(6)13(16)17/h1-5H3,(H,16,17). The first-order valence-corrected chi connectivity index (χ1v) is 5.74. The Labute approximate surface area is 111 Å². The number of carbonyl (C=O) groups is 3. The number of carbonyl (C=O) groups excluding carboxylic acids is 2. The summed E-state index contributed by atoms with van der Waals surface area (Å²) in [5, 5.41) is 9.20. The maximum atomic E-state index is 11.9. The van der Waals surface area contributed by atoms with Crippen LogP contribution in [0, 0.1) is 27.7 Å². The molecular formula is C14H16O5. The van der Waals surface area contributed by atoms with Crippen molar-refractivity contribution in [2.45, 2.75) is 34.6 Å². The Kier molecular flexibility index (Phi) is 4.09. The summed E-state index contributed by atoms with van der Waals surface area (Å²) < 4.78 is 4.58. The van der Waals surface area contributed by atoms with E-state index in [2.05, 4.69) is 4.74 Å². The maximum Gasteiger partial charge on any atom is 0.346 e. The zero-order valence-corrected chi connectivity index (χ0v) is 11.6. The van der Waals surface area contributed by atoms with Gasteiger partial charge in [-0.25, -0.2) is 9.59 Å². The van der Waals surface area contributed by atoms with Crippen LogP contribution in [-0.4, -0.2) is 23.0 Å². The number of carboxylic acids is 1. The summed E-state index contributed by atoms with van der Waals surface area (Å²) in [6, 6.07) is 0. The summed E-state index contributed by atoms with van der Waals surface area (Å²) in [5.74, 6) is -2.47. The van der Waals surface area contributed by atoms with Gasteiger partial charge in [-0.05, 0) is 49.9 Å². The van der Waals surface area contributed by atoms with Crippen LogP contribution in [-0.2, 0) is 9.53 Å². The average Bonchev–Trinajstić information content (AvgIpc) is 2.25.